The number of nitrogens with zero attached hydrogens (tertiary/aromatic N) is 2. The number of amides is 1. The molecule has 1 fully saturated rings. The minimum Gasteiger partial charge on any atom is -0.333 e. The third kappa shape index (κ3) is 4.39. The van der Waals surface area contributed by atoms with Crippen molar-refractivity contribution in [3.8, 4) is 0 Å². The van der Waals surface area contributed by atoms with Crippen molar-refractivity contribution in [2.45, 2.75) is 19.4 Å². The highest BCUT2D eigenvalue weighted by atomic mass is 35.5. The summed E-state index contributed by atoms with van der Waals surface area (Å²) in [5.74, 6) is 0.366. The average Bonchev–Trinajstić information content (AvgIpc) is 3.21. The van der Waals surface area contributed by atoms with Crippen LogP contribution in [0.2, 0.25) is 0 Å². The Bertz CT molecular complexity index is 816. The van der Waals surface area contributed by atoms with Crippen LogP contribution in [0.25, 0.3) is 0 Å². The number of Topliss-reactive ketones (excluding diaryl/α,β-unsaturated/α-hetero) is 1. The predicted molar refractivity (Wildman–Crippen MR) is 106 cm³/mol. The quantitative estimate of drug-likeness (QED) is 0.705. The molecule has 0 aliphatic carbocycles. The minimum atomic E-state index is -0.326. The van der Waals surface area contributed by atoms with Gasteiger partial charge in [-0.2, -0.15) is 0 Å². The highest BCUT2D eigenvalue weighted by Crippen LogP contribution is 2.29. The molecule has 0 bridgehead atoms. The molecule has 1 amide bonds. The van der Waals surface area contributed by atoms with E-state index in [-0.39, 0.29) is 29.9 Å². The van der Waals surface area contributed by atoms with Crippen LogP contribution in [-0.4, -0.2) is 47.7 Å². The first-order chi connectivity index (χ1) is 12.6. The molecule has 0 N–H and O–H groups in total. The summed E-state index contributed by atoms with van der Waals surface area (Å²) < 4.78 is 13.0. The molecule has 27 heavy (non-hydrogen) atoms. The summed E-state index contributed by atoms with van der Waals surface area (Å²) in [4.78, 5) is 29.7. The summed E-state index contributed by atoms with van der Waals surface area (Å²) in [6.07, 6.45) is 1.99. The summed E-state index contributed by atoms with van der Waals surface area (Å²) in [6, 6.07) is 7.78. The SMILES string of the molecule is Cl.O=C(CN1CCC(CN2Cc3ccsc3C2=O)CC1)c1ccc(F)cc1. The first-order valence-electron chi connectivity index (χ1n) is 8.97. The van der Waals surface area contributed by atoms with E-state index in [9.17, 15) is 14.0 Å². The Kier molecular flexibility index (Phi) is 6.29. The van der Waals surface area contributed by atoms with Crippen molar-refractivity contribution in [2.24, 2.45) is 5.92 Å². The van der Waals surface area contributed by atoms with E-state index in [0.717, 1.165) is 49.5 Å². The summed E-state index contributed by atoms with van der Waals surface area (Å²) in [5.41, 5.74) is 1.71. The molecule has 0 radical (unpaired) electrons. The molecule has 0 unspecified atom stereocenters. The molecule has 0 atom stereocenters. The summed E-state index contributed by atoms with van der Waals surface area (Å²) >= 11 is 1.53. The Labute approximate surface area is 168 Å². The lowest BCUT2D eigenvalue weighted by atomic mass is 9.95. The van der Waals surface area contributed by atoms with E-state index in [1.165, 1.54) is 23.5 Å². The standard InChI is InChI=1S/C20H21FN2O2S.ClH/c21-17-3-1-15(2-4-17)18(24)13-22-8-5-14(6-9-22)11-23-12-16-7-10-26-19(16)20(23)25;/h1-4,7,10,14H,5-6,8-9,11-13H2;1H. The lowest BCUT2D eigenvalue weighted by Gasteiger charge is -2.33. The number of halogens is 2. The first-order valence-corrected chi connectivity index (χ1v) is 9.85. The zero-order valence-electron chi connectivity index (χ0n) is 14.9. The van der Waals surface area contributed by atoms with Crippen LogP contribution in [0.1, 0.15) is 38.4 Å². The molecule has 0 spiro atoms. The van der Waals surface area contributed by atoms with Gasteiger partial charge in [0.1, 0.15) is 5.82 Å². The average molecular weight is 409 g/mol. The van der Waals surface area contributed by atoms with Crippen molar-refractivity contribution in [3.63, 3.8) is 0 Å². The van der Waals surface area contributed by atoms with Gasteiger partial charge in [0.25, 0.3) is 5.91 Å². The van der Waals surface area contributed by atoms with Crippen molar-refractivity contribution in [1.82, 2.24) is 9.80 Å². The first kappa shape index (κ1) is 20.0. The number of carbonyl (C=O) groups is 2. The molecule has 0 saturated carbocycles. The highest BCUT2D eigenvalue weighted by molar-refractivity contribution is 7.12. The summed E-state index contributed by atoms with van der Waals surface area (Å²) in [7, 11) is 0. The van der Waals surface area contributed by atoms with Gasteiger partial charge in [-0.3, -0.25) is 14.5 Å². The zero-order chi connectivity index (χ0) is 18.1. The van der Waals surface area contributed by atoms with Gasteiger partial charge in [-0.25, -0.2) is 4.39 Å². The normalized spacial score (nSPS) is 17.7. The van der Waals surface area contributed by atoms with Crippen LogP contribution in [0.5, 0.6) is 0 Å². The van der Waals surface area contributed by atoms with E-state index < -0.39 is 0 Å². The maximum Gasteiger partial charge on any atom is 0.264 e. The smallest absolute Gasteiger partial charge is 0.264 e. The second-order valence-corrected chi connectivity index (χ2v) is 8.03. The van der Waals surface area contributed by atoms with Gasteiger partial charge in [0.2, 0.25) is 0 Å². The fraction of sp³-hybridized carbons (Fsp3) is 0.400. The maximum absolute atomic E-state index is 13.0. The van der Waals surface area contributed by atoms with Gasteiger partial charge in [-0.1, -0.05) is 0 Å². The topological polar surface area (TPSA) is 40.6 Å². The van der Waals surface area contributed by atoms with Gasteiger partial charge in [0, 0.05) is 18.7 Å². The number of fused-ring (bicyclic) bond motifs is 1. The molecule has 144 valence electrons. The lowest BCUT2D eigenvalue weighted by Crippen LogP contribution is -2.40. The van der Waals surface area contributed by atoms with Crippen LogP contribution in [0.3, 0.4) is 0 Å². The van der Waals surface area contributed by atoms with Crippen molar-refractivity contribution in [2.75, 3.05) is 26.2 Å². The molecule has 4 nitrogen and oxygen atoms in total. The van der Waals surface area contributed by atoms with Crippen molar-refractivity contribution in [1.29, 1.82) is 0 Å². The van der Waals surface area contributed by atoms with Crippen LogP contribution in [0.15, 0.2) is 35.7 Å². The minimum absolute atomic E-state index is 0. The van der Waals surface area contributed by atoms with Crippen LogP contribution in [0.4, 0.5) is 4.39 Å². The number of rotatable bonds is 5. The Hall–Kier alpha value is -1.76. The summed E-state index contributed by atoms with van der Waals surface area (Å²) in [6.45, 7) is 3.64. The molecule has 3 heterocycles. The van der Waals surface area contributed by atoms with Crippen LogP contribution < -0.4 is 0 Å². The molecule has 1 aromatic heterocycles. The molecule has 7 heteroatoms. The molecule has 2 aliphatic heterocycles. The third-order valence-electron chi connectivity index (χ3n) is 5.31. The van der Waals surface area contributed by atoms with E-state index in [0.29, 0.717) is 18.0 Å². The van der Waals surface area contributed by atoms with Gasteiger partial charge in [0.05, 0.1) is 11.4 Å². The third-order valence-corrected chi connectivity index (χ3v) is 6.25. The van der Waals surface area contributed by atoms with Crippen LogP contribution >= 0.6 is 23.7 Å². The molecular formula is C20H22ClFN2O2S. The maximum atomic E-state index is 13.0. The van der Waals surface area contributed by atoms with Crippen molar-refractivity contribution < 1.29 is 14.0 Å². The van der Waals surface area contributed by atoms with E-state index in [4.69, 9.17) is 0 Å². The Morgan fingerprint density at radius 2 is 1.85 bits per heavy atom. The van der Waals surface area contributed by atoms with E-state index in [1.807, 2.05) is 16.3 Å². The van der Waals surface area contributed by atoms with Gasteiger partial charge < -0.3 is 4.90 Å². The molecule has 2 aromatic rings. The zero-order valence-corrected chi connectivity index (χ0v) is 16.5. The Morgan fingerprint density at radius 3 is 2.52 bits per heavy atom. The summed E-state index contributed by atoms with van der Waals surface area (Å²) in [5, 5.41) is 1.98. The number of thiophene rings is 1. The lowest BCUT2D eigenvalue weighted by molar-refractivity contribution is 0.0710. The molecule has 4 rings (SSSR count). The van der Waals surface area contributed by atoms with Crippen molar-refractivity contribution in [3.05, 3.63) is 57.5 Å². The molecule has 1 saturated heterocycles. The fourth-order valence-electron chi connectivity index (χ4n) is 3.79. The number of likely N-dealkylation sites (tertiary alicyclic amines) is 1. The highest BCUT2D eigenvalue weighted by Gasteiger charge is 2.31. The van der Waals surface area contributed by atoms with Gasteiger partial charge >= 0.3 is 0 Å². The number of benzene rings is 1. The monoisotopic (exact) mass is 408 g/mol. The van der Waals surface area contributed by atoms with Crippen LogP contribution in [0, 0.1) is 11.7 Å². The fourth-order valence-corrected chi connectivity index (χ4v) is 4.67. The van der Waals surface area contributed by atoms with Gasteiger partial charge in [-0.05, 0) is 73.1 Å². The van der Waals surface area contributed by atoms with Gasteiger partial charge in [-0.15, -0.1) is 23.7 Å². The number of ketones is 1. The number of hydrogen-bond acceptors (Lipinski definition) is 4. The Balaban J connectivity index is 0.00000210. The Morgan fingerprint density at radius 1 is 1.15 bits per heavy atom. The van der Waals surface area contributed by atoms with Crippen molar-refractivity contribution >= 4 is 35.4 Å². The van der Waals surface area contributed by atoms with E-state index >= 15 is 0 Å². The molecular weight excluding hydrogens is 387 g/mol. The largest absolute Gasteiger partial charge is 0.333 e. The predicted octanol–water partition coefficient (Wildman–Crippen LogP) is 3.86. The second kappa shape index (κ2) is 8.50. The van der Waals surface area contributed by atoms with E-state index in [2.05, 4.69) is 4.90 Å². The number of hydrogen-bond donors (Lipinski definition) is 0. The van der Waals surface area contributed by atoms with Gasteiger partial charge in [0.15, 0.2) is 5.78 Å². The molecule has 2 aliphatic rings. The second-order valence-electron chi connectivity index (χ2n) is 7.11. The van der Waals surface area contributed by atoms with E-state index in [1.54, 1.807) is 12.1 Å². The number of piperidine rings is 1. The number of carbonyl (C=O) groups excluding carboxylic acids is 2. The molecule has 1 aromatic carbocycles. The van der Waals surface area contributed by atoms with Crippen LogP contribution in [-0.2, 0) is 6.54 Å².